The van der Waals surface area contributed by atoms with E-state index in [1.165, 1.54) is 0 Å². The molecule has 106 valence electrons. The normalized spacial score (nSPS) is 10.1. The van der Waals surface area contributed by atoms with Gasteiger partial charge in [-0.05, 0) is 28.1 Å². The SMILES string of the molecule is Cn1nc(Br)cc1NC(=O)NCCNc1ccccn1. The maximum Gasteiger partial charge on any atom is 0.320 e. The minimum atomic E-state index is -0.275. The zero-order valence-electron chi connectivity index (χ0n) is 10.9. The number of pyridine rings is 1. The summed E-state index contributed by atoms with van der Waals surface area (Å²) in [5, 5.41) is 12.6. The van der Waals surface area contributed by atoms with Crippen molar-refractivity contribution in [2.45, 2.75) is 0 Å². The molecule has 7 nitrogen and oxygen atoms in total. The molecule has 20 heavy (non-hydrogen) atoms. The van der Waals surface area contributed by atoms with Gasteiger partial charge in [-0.2, -0.15) is 5.10 Å². The summed E-state index contributed by atoms with van der Waals surface area (Å²) < 4.78 is 2.25. The molecule has 2 aromatic heterocycles. The molecule has 0 aliphatic carbocycles. The van der Waals surface area contributed by atoms with Gasteiger partial charge in [0.2, 0.25) is 0 Å². The predicted molar refractivity (Wildman–Crippen MR) is 80.7 cm³/mol. The summed E-state index contributed by atoms with van der Waals surface area (Å²) in [6.45, 7) is 1.08. The van der Waals surface area contributed by atoms with Crippen molar-refractivity contribution in [1.82, 2.24) is 20.1 Å². The lowest BCUT2D eigenvalue weighted by Crippen LogP contribution is -2.33. The second-order valence-corrected chi connectivity index (χ2v) is 4.81. The van der Waals surface area contributed by atoms with E-state index in [0.717, 1.165) is 5.82 Å². The lowest BCUT2D eigenvalue weighted by molar-refractivity contribution is 0.252. The Morgan fingerprint density at radius 1 is 1.40 bits per heavy atom. The number of amides is 2. The van der Waals surface area contributed by atoms with Gasteiger partial charge in [-0.25, -0.2) is 9.78 Å². The van der Waals surface area contributed by atoms with E-state index in [4.69, 9.17) is 0 Å². The summed E-state index contributed by atoms with van der Waals surface area (Å²) in [5.74, 6) is 1.40. The maximum absolute atomic E-state index is 11.7. The quantitative estimate of drug-likeness (QED) is 0.726. The molecule has 2 rings (SSSR count). The highest BCUT2D eigenvalue weighted by atomic mass is 79.9. The van der Waals surface area contributed by atoms with E-state index in [-0.39, 0.29) is 6.03 Å². The molecule has 0 aliphatic heterocycles. The van der Waals surface area contributed by atoms with Gasteiger partial charge in [-0.1, -0.05) is 6.07 Å². The molecule has 0 radical (unpaired) electrons. The Kier molecular flexibility index (Phi) is 4.94. The van der Waals surface area contributed by atoms with Gasteiger partial charge in [0, 0.05) is 32.4 Å². The van der Waals surface area contributed by atoms with Gasteiger partial charge < -0.3 is 10.6 Å². The number of nitrogens with one attached hydrogen (secondary N) is 3. The van der Waals surface area contributed by atoms with Gasteiger partial charge in [0.05, 0.1) is 0 Å². The highest BCUT2D eigenvalue weighted by molar-refractivity contribution is 9.10. The van der Waals surface area contributed by atoms with Crippen LogP contribution >= 0.6 is 15.9 Å². The number of halogens is 1. The van der Waals surface area contributed by atoms with Crippen LogP contribution in [0.5, 0.6) is 0 Å². The van der Waals surface area contributed by atoms with Crippen LogP contribution in [0, 0.1) is 0 Å². The number of hydrogen-bond donors (Lipinski definition) is 3. The Morgan fingerprint density at radius 3 is 2.90 bits per heavy atom. The van der Waals surface area contributed by atoms with Crippen molar-refractivity contribution >= 4 is 33.6 Å². The van der Waals surface area contributed by atoms with Crippen LogP contribution in [0.3, 0.4) is 0 Å². The number of carbonyl (C=O) groups excluding carboxylic acids is 1. The fourth-order valence-electron chi connectivity index (χ4n) is 1.54. The van der Waals surface area contributed by atoms with Crippen LogP contribution in [0.2, 0.25) is 0 Å². The molecule has 0 bridgehead atoms. The van der Waals surface area contributed by atoms with E-state index in [1.54, 1.807) is 24.0 Å². The summed E-state index contributed by atoms with van der Waals surface area (Å²) in [5.41, 5.74) is 0. The largest absolute Gasteiger partial charge is 0.368 e. The molecular weight excluding hydrogens is 324 g/mol. The van der Waals surface area contributed by atoms with E-state index in [9.17, 15) is 4.79 Å². The van der Waals surface area contributed by atoms with Crippen molar-refractivity contribution < 1.29 is 4.79 Å². The molecule has 0 aromatic carbocycles. The predicted octanol–water partition coefficient (Wildman–Crippen LogP) is 1.81. The van der Waals surface area contributed by atoms with Crippen LogP contribution in [-0.2, 0) is 7.05 Å². The molecule has 0 saturated carbocycles. The second-order valence-electron chi connectivity index (χ2n) is 4.00. The number of aryl methyl sites for hydroxylation is 1. The molecule has 0 fully saturated rings. The number of urea groups is 1. The summed E-state index contributed by atoms with van der Waals surface area (Å²) in [6.07, 6.45) is 1.71. The number of rotatable bonds is 5. The number of carbonyl (C=O) groups is 1. The molecule has 0 spiro atoms. The monoisotopic (exact) mass is 338 g/mol. The third-order valence-corrected chi connectivity index (χ3v) is 2.86. The molecule has 8 heteroatoms. The van der Waals surface area contributed by atoms with E-state index in [2.05, 4.69) is 42.0 Å². The number of anilines is 2. The highest BCUT2D eigenvalue weighted by Crippen LogP contribution is 2.13. The van der Waals surface area contributed by atoms with E-state index < -0.39 is 0 Å². The molecule has 0 aliphatic rings. The lowest BCUT2D eigenvalue weighted by atomic mass is 10.4. The number of nitrogens with zero attached hydrogens (tertiary/aromatic N) is 3. The van der Waals surface area contributed by atoms with Crippen LogP contribution in [0.1, 0.15) is 0 Å². The average molecular weight is 339 g/mol. The van der Waals surface area contributed by atoms with Gasteiger partial charge in [0.15, 0.2) is 0 Å². The first-order chi connectivity index (χ1) is 9.65. The van der Waals surface area contributed by atoms with Gasteiger partial charge in [-0.15, -0.1) is 0 Å². The van der Waals surface area contributed by atoms with Crippen LogP contribution in [-0.4, -0.2) is 33.9 Å². The van der Waals surface area contributed by atoms with Gasteiger partial charge >= 0.3 is 6.03 Å². The minimum Gasteiger partial charge on any atom is -0.368 e. The summed E-state index contributed by atoms with van der Waals surface area (Å²) in [7, 11) is 1.75. The molecule has 2 heterocycles. The van der Waals surface area contributed by atoms with Crippen molar-refractivity contribution in [1.29, 1.82) is 0 Å². The van der Waals surface area contributed by atoms with Crippen molar-refractivity contribution in [3.63, 3.8) is 0 Å². The van der Waals surface area contributed by atoms with Gasteiger partial charge in [0.1, 0.15) is 16.2 Å². The fourth-order valence-corrected chi connectivity index (χ4v) is 2.00. The Bertz CT molecular complexity index is 571. The first-order valence-corrected chi connectivity index (χ1v) is 6.84. The van der Waals surface area contributed by atoms with E-state index in [1.807, 2.05) is 18.2 Å². The molecular formula is C12H15BrN6O. The van der Waals surface area contributed by atoms with Crippen LogP contribution in [0.15, 0.2) is 35.1 Å². The highest BCUT2D eigenvalue weighted by Gasteiger charge is 2.06. The van der Waals surface area contributed by atoms with Crippen molar-refractivity contribution in [2.75, 3.05) is 23.7 Å². The van der Waals surface area contributed by atoms with E-state index >= 15 is 0 Å². The summed E-state index contributed by atoms with van der Waals surface area (Å²) >= 11 is 3.24. The molecule has 2 amide bonds. The average Bonchev–Trinajstić information content (AvgIpc) is 2.74. The third-order valence-electron chi connectivity index (χ3n) is 2.47. The smallest absolute Gasteiger partial charge is 0.320 e. The van der Waals surface area contributed by atoms with E-state index in [0.29, 0.717) is 23.5 Å². The van der Waals surface area contributed by atoms with Crippen LogP contribution < -0.4 is 16.0 Å². The topological polar surface area (TPSA) is 83.9 Å². The number of hydrogen-bond acceptors (Lipinski definition) is 4. The van der Waals surface area contributed by atoms with Crippen molar-refractivity contribution in [3.05, 3.63) is 35.1 Å². The van der Waals surface area contributed by atoms with Gasteiger partial charge in [-0.3, -0.25) is 10.00 Å². The van der Waals surface area contributed by atoms with Crippen molar-refractivity contribution in [3.8, 4) is 0 Å². The standard InChI is InChI=1S/C12H15BrN6O/c1-19-11(8-9(13)18-19)17-12(20)16-7-6-15-10-4-2-3-5-14-10/h2-5,8H,6-7H2,1H3,(H,14,15)(H2,16,17,20). The first kappa shape index (κ1) is 14.3. The molecule has 0 atom stereocenters. The van der Waals surface area contributed by atoms with Gasteiger partial charge in [0.25, 0.3) is 0 Å². The Labute approximate surface area is 124 Å². The molecule has 0 saturated heterocycles. The maximum atomic E-state index is 11.7. The Morgan fingerprint density at radius 2 is 2.25 bits per heavy atom. The molecule has 2 aromatic rings. The minimum absolute atomic E-state index is 0.275. The third kappa shape index (κ3) is 4.23. The molecule has 0 unspecified atom stereocenters. The number of aromatic nitrogens is 3. The summed E-state index contributed by atoms with van der Waals surface area (Å²) in [6, 6.07) is 7.07. The Hall–Kier alpha value is -2.09. The van der Waals surface area contributed by atoms with Crippen LogP contribution in [0.4, 0.5) is 16.4 Å². The molecule has 3 N–H and O–H groups in total. The zero-order valence-corrected chi connectivity index (χ0v) is 12.5. The second kappa shape index (κ2) is 6.90. The first-order valence-electron chi connectivity index (χ1n) is 6.04. The Balaban J connectivity index is 1.69. The van der Waals surface area contributed by atoms with Crippen LogP contribution in [0.25, 0.3) is 0 Å². The van der Waals surface area contributed by atoms with Crippen molar-refractivity contribution in [2.24, 2.45) is 7.05 Å². The lowest BCUT2D eigenvalue weighted by Gasteiger charge is -2.08. The zero-order chi connectivity index (χ0) is 14.4. The summed E-state index contributed by atoms with van der Waals surface area (Å²) in [4.78, 5) is 15.8. The fraction of sp³-hybridized carbons (Fsp3) is 0.250.